The third kappa shape index (κ3) is 4.02. The molecular formula is C18H19BrClI. The molecule has 21 heavy (non-hydrogen) atoms. The molecule has 0 aliphatic rings. The van der Waals surface area contributed by atoms with Gasteiger partial charge in [0.1, 0.15) is 0 Å². The highest BCUT2D eigenvalue weighted by Gasteiger charge is 2.19. The van der Waals surface area contributed by atoms with E-state index in [1.807, 2.05) is 12.1 Å². The largest absolute Gasteiger partial charge is 0.0843 e. The minimum atomic E-state index is 0.168. The van der Waals surface area contributed by atoms with E-state index in [9.17, 15) is 0 Å². The zero-order valence-electron chi connectivity index (χ0n) is 12.5. The topological polar surface area (TPSA) is 0 Å². The summed E-state index contributed by atoms with van der Waals surface area (Å²) in [6, 6.07) is 14.9. The first kappa shape index (κ1) is 17.3. The summed E-state index contributed by atoms with van der Waals surface area (Å²) in [4.78, 5) is 0.168. The SMILES string of the molecule is CCC(C)(C)c1ccc(C(Br)c2cc(Cl)ccc2I)cc1. The van der Waals surface area contributed by atoms with Crippen molar-refractivity contribution < 1.29 is 0 Å². The lowest BCUT2D eigenvalue weighted by Crippen LogP contribution is -2.15. The number of rotatable bonds is 4. The van der Waals surface area contributed by atoms with E-state index in [0.29, 0.717) is 0 Å². The van der Waals surface area contributed by atoms with Crippen molar-refractivity contribution in [1.82, 2.24) is 0 Å². The van der Waals surface area contributed by atoms with Crippen LogP contribution in [-0.4, -0.2) is 0 Å². The summed E-state index contributed by atoms with van der Waals surface area (Å²) in [6.45, 7) is 6.80. The normalized spacial score (nSPS) is 13.2. The van der Waals surface area contributed by atoms with E-state index in [0.717, 1.165) is 11.4 Å². The van der Waals surface area contributed by atoms with Gasteiger partial charge in [0, 0.05) is 8.59 Å². The fraction of sp³-hybridized carbons (Fsp3) is 0.333. The Morgan fingerprint density at radius 3 is 2.33 bits per heavy atom. The Kier molecular flexibility index (Phi) is 5.77. The fourth-order valence-corrected chi connectivity index (χ4v) is 4.14. The standard InChI is InChI=1S/C18H19BrClI/c1-4-18(2,3)13-7-5-12(6-8-13)17(19)15-11-14(20)9-10-16(15)21/h5-11,17H,4H2,1-3H3. The molecule has 0 fully saturated rings. The fourth-order valence-electron chi connectivity index (χ4n) is 2.20. The predicted molar refractivity (Wildman–Crippen MR) is 105 cm³/mol. The van der Waals surface area contributed by atoms with E-state index >= 15 is 0 Å². The van der Waals surface area contributed by atoms with Gasteiger partial charge in [-0.3, -0.25) is 0 Å². The van der Waals surface area contributed by atoms with Crippen LogP contribution in [0.5, 0.6) is 0 Å². The van der Waals surface area contributed by atoms with Crippen LogP contribution in [0.2, 0.25) is 5.02 Å². The zero-order chi connectivity index (χ0) is 15.6. The second kappa shape index (κ2) is 7.01. The maximum Gasteiger partial charge on any atom is 0.0655 e. The highest BCUT2D eigenvalue weighted by molar-refractivity contribution is 14.1. The molecule has 0 bridgehead atoms. The van der Waals surface area contributed by atoms with Gasteiger partial charge < -0.3 is 0 Å². The van der Waals surface area contributed by atoms with Gasteiger partial charge in [-0.05, 0) is 69.3 Å². The summed E-state index contributed by atoms with van der Waals surface area (Å²) in [6.07, 6.45) is 1.14. The number of benzene rings is 2. The Morgan fingerprint density at radius 2 is 1.76 bits per heavy atom. The average Bonchev–Trinajstić information content (AvgIpc) is 2.49. The molecule has 0 heterocycles. The summed E-state index contributed by atoms with van der Waals surface area (Å²) in [5, 5.41) is 0.776. The quantitative estimate of drug-likeness (QED) is 0.325. The molecule has 0 spiro atoms. The van der Waals surface area contributed by atoms with Crippen molar-refractivity contribution in [3.05, 3.63) is 67.7 Å². The molecule has 0 amide bonds. The molecule has 0 saturated carbocycles. The maximum atomic E-state index is 6.13. The molecule has 2 rings (SSSR count). The Morgan fingerprint density at radius 1 is 1.14 bits per heavy atom. The minimum absolute atomic E-state index is 0.168. The molecule has 3 heteroatoms. The van der Waals surface area contributed by atoms with Crippen LogP contribution >= 0.6 is 50.1 Å². The first-order valence-corrected chi connectivity index (χ1v) is 9.42. The summed E-state index contributed by atoms with van der Waals surface area (Å²) >= 11 is 12.3. The van der Waals surface area contributed by atoms with E-state index in [4.69, 9.17) is 11.6 Å². The van der Waals surface area contributed by atoms with Crippen LogP contribution in [0.15, 0.2) is 42.5 Å². The first-order valence-electron chi connectivity index (χ1n) is 7.04. The molecule has 0 N–H and O–H groups in total. The summed E-state index contributed by atoms with van der Waals surface area (Å²) < 4.78 is 1.22. The van der Waals surface area contributed by atoms with E-state index in [2.05, 4.69) is 89.6 Å². The second-order valence-electron chi connectivity index (χ2n) is 5.89. The van der Waals surface area contributed by atoms with Crippen LogP contribution < -0.4 is 0 Å². The molecule has 0 aliphatic carbocycles. The number of hydrogen-bond donors (Lipinski definition) is 0. The minimum Gasteiger partial charge on any atom is -0.0843 e. The summed E-state index contributed by atoms with van der Waals surface area (Å²) in [5.41, 5.74) is 4.08. The summed E-state index contributed by atoms with van der Waals surface area (Å²) in [7, 11) is 0. The Hall–Kier alpha value is -0.0600. The highest BCUT2D eigenvalue weighted by Crippen LogP contribution is 2.36. The first-order chi connectivity index (χ1) is 9.85. The van der Waals surface area contributed by atoms with E-state index in [1.165, 1.54) is 20.3 Å². The molecular weight excluding hydrogens is 458 g/mol. The van der Waals surface area contributed by atoms with E-state index < -0.39 is 0 Å². The molecule has 0 nitrogen and oxygen atoms in total. The number of alkyl halides is 1. The van der Waals surface area contributed by atoms with Crippen LogP contribution in [-0.2, 0) is 5.41 Å². The van der Waals surface area contributed by atoms with Gasteiger partial charge in [-0.1, -0.05) is 72.6 Å². The Bertz CT molecular complexity index is 620. The second-order valence-corrected chi connectivity index (χ2v) is 8.40. The zero-order valence-corrected chi connectivity index (χ0v) is 17.0. The van der Waals surface area contributed by atoms with Crippen molar-refractivity contribution in [2.75, 3.05) is 0 Å². The molecule has 0 aromatic heterocycles. The van der Waals surface area contributed by atoms with Gasteiger partial charge in [-0.2, -0.15) is 0 Å². The average molecular weight is 478 g/mol. The van der Waals surface area contributed by atoms with Gasteiger partial charge in [-0.25, -0.2) is 0 Å². The van der Waals surface area contributed by atoms with Crippen LogP contribution in [0, 0.1) is 3.57 Å². The Labute approximate surface area is 154 Å². The predicted octanol–water partition coefficient (Wildman–Crippen LogP) is 7.12. The van der Waals surface area contributed by atoms with E-state index in [1.54, 1.807) is 0 Å². The molecule has 112 valence electrons. The molecule has 1 atom stereocenters. The van der Waals surface area contributed by atoms with Gasteiger partial charge in [0.15, 0.2) is 0 Å². The molecule has 2 aromatic rings. The molecule has 2 aromatic carbocycles. The van der Waals surface area contributed by atoms with Crippen molar-refractivity contribution in [1.29, 1.82) is 0 Å². The molecule has 0 aliphatic heterocycles. The monoisotopic (exact) mass is 476 g/mol. The lowest BCUT2D eigenvalue weighted by atomic mass is 9.82. The molecule has 0 radical (unpaired) electrons. The van der Waals surface area contributed by atoms with Crippen LogP contribution in [0.4, 0.5) is 0 Å². The van der Waals surface area contributed by atoms with Gasteiger partial charge in [-0.15, -0.1) is 0 Å². The van der Waals surface area contributed by atoms with Crippen LogP contribution in [0.25, 0.3) is 0 Å². The van der Waals surface area contributed by atoms with Gasteiger partial charge >= 0.3 is 0 Å². The lowest BCUT2D eigenvalue weighted by molar-refractivity contribution is 0.506. The number of halogens is 3. The van der Waals surface area contributed by atoms with Crippen molar-refractivity contribution in [2.24, 2.45) is 0 Å². The van der Waals surface area contributed by atoms with Crippen molar-refractivity contribution in [3.8, 4) is 0 Å². The molecule has 0 saturated heterocycles. The lowest BCUT2D eigenvalue weighted by Gasteiger charge is -2.24. The van der Waals surface area contributed by atoms with Crippen LogP contribution in [0.1, 0.15) is 48.7 Å². The van der Waals surface area contributed by atoms with E-state index in [-0.39, 0.29) is 10.2 Å². The Balaban J connectivity index is 2.32. The molecule has 1 unspecified atom stereocenters. The highest BCUT2D eigenvalue weighted by atomic mass is 127. The van der Waals surface area contributed by atoms with Crippen molar-refractivity contribution in [2.45, 2.75) is 37.4 Å². The third-order valence-electron chi connectivity index (χ3n) is 4.10. The van der Waals surface area contributed by atoms with Crippen molar-refractivity contribution >= 4 is 50.1 Å². The van der Waals surface area contributed by atoms with Gasteiger partial charge in [0.05, 0.1) is 4.83 Å². The number of hydrogen-bond acceptors (Lipinski definition) is 0. The van der Waals surface area contributed by atoms with Gasteiger partial charge in [0.25, 0.3) is 0 Å². The third-order valence-corrected chi connectivity index (χ3v) is 6.34. The summed E-state index contributed by atoms with van der Waals surface area (Å²) in [5.74, 6) is 0. The van der Waals surface area contributed by atoms with Crippen molar-refractivity contribution in [3.63, 3.8) is 0 Å². The maximum absolute atomic E-state index is 6.13. The van der Waals surface area contributed by atoms with Crippen LogP contribution in [0.3, 0.4) is 0 Å². The van der Waals surface area contributed by atoms with Gasteiger partial charge in [0.2, 0.25) is 0 Å². The smallest absolute Gasteiger partial charge is 0.0655 e.